The van der Waals surface area contributed by atoms with Gasteiger partial charge in [0, 0.05) is 12.5 Å². The van der Waals surface area contributed by atoms with Gasteiger partial charge in [-0.1, -0.05) is 20.3 Å². The van der Waals surface area contributed by atoms with Crippen LogP contribution in [0.1, 0.15) is 78.1 Å². The largest absolute Gasteiger partial charge is 0.396 e. The molecule has 31 heavy (non-hydrogen) atoms. The van der Waals surface area contributed by atoms with Gasteiger partial charge < -0.3 is 5.11 Å². The van der Waals surface area contributed by atoms with Crippen LogP contribution in [0.25, 0.3) is 0 Å². The van der Waals surface area contributed by atoms with Crippen LogP contribution < -0.4 is 0 Å². The minimum atomic E-state index is 0.152. The van der Waals surface area contributed by atoms with Gasteiger partial charge in [0.25, 0.3) is 0 Å². The molecule has 4 aliphatic carbocycles. The number of fused-ring (bicyclic) bond motifs is 3. The average molecular weight is 428 g/mol. The highest BCUT2D eigenvalue weighted by molar-refractivity contribution is 5.82. The number of Topliss-reactive ketones (excluding diaryl/α,β-unsaturated/α-hetero) is 1. The Labute approximate surface area is 187 Å². The van der Waals surface area contributed by atoms with Gasteiger partial charge in [0.15, 0.2) is 5.78 Å². The van der Waals surface area contributed by atoms with Crippen LogP contribution in [0.3, 0.4) is 0 Å². The molecule has 0 saturated heterocycles. The van der Waals surface area contributed by atoms with E-state index in [1.165, 1.54) is 51.4 Å². The summed E-state index contributed by atoms with van der Waals surface area (Å²) >= 11 is 0. The van der Waals surface area contributed by atoms with Crippen molar-refractivity contribution in [1.82, 2.24) is 15.0 Å². The molecular weight excluding hydrogens is 386 g/mol. The molecule has 0 radical (unpaired) electrons. The number of carbonyl (C=O) groups is 1. The smallest absolute Gasteiger partial charge is 0.159 e. The van der Waals surface area contributed by atoms with Gasteiger partial charge in [0.1, 0.15) is 6.54 Å². The van der Waals surface area contributed by atoms with Crippen molar-refractivity contribution >= 4 is 5.78 Å². The van der Waals surface area contributed by atoms with Gasteiger partial charge in [-0.15, -0.1) is 0 Å². The molecule has 1 aromatic rings. The summed E-state index contributed by atoms with van der Waals surface area (Å²) in [6, 6.07) is 0. The van der Waals surface area contributed by atoms with E-state index in [1.54, 1.807) is 17.2 Å². The highest BCUT2D eigenvalue weighted by atomic mass is 16.2. The second kappa shape index (κ2) is 8.61. The first-order valence-electron chi connectivity index (χ1n) is 13.0. The van der Waals surface area contributed by atoms with Crippen molar-refractivity contribution in [2.24, 2.45) is 52.8 Å². The first-order valence-corrected chi connectivity index (χ1v) is 13.0. The Morgan fingerprint density at radius 3 is 2.55 bits per heavy atom. The van der Waals surface area contributed by atoms with E-state index in [0.29, 0.717) is 24.9 Å². The zero-order chi connectivity index (χ0) is 21.6. The van der Waals surface area contributed by atoms with Crippen LogP contribution in [0, 0.1) is 52.8 Å². The number of hydrogen-bond acceptors (Lipinski definition) is 4. The third-order valence-corrected chi connectivity index (χ3v) is 10.2. The van der Waals surface area contributed by atoms with Gasteiger partial charge in [0.05, 0.1) is 12.4 Å². The molecule has 1 unspecified atom stereocenters. The summed E-state index contributed by atoms with van der Waals surface area (Å²) in [7, 11) is 0. The molecule has 8 atom stereocenters. The molecule has 172 valence electrons. The number of aromatic nitrogens is 3. The molecule has 0 amide bonds. The molecule has 0 bridgehead atoms. The van der Waals surface area contributed by atoms with Crippen LogP contribution in [0.5, 0.6) is 0 Å². The molecule has 4 aliphatic rings. The van der Waals surface area contributed by atoms with Gasteiger partial charge >= 0.3 is 0 Å². The first kappa shape index (κ1) is 21.6. The molecule has 4 saturated carbocycles. The lowest BCUT2D eigenvalue weighted by atomic mass is 9.49. The lowest BCUT2D eigenvalue weighted by Gasteiger charge is -2.55. The predicted molar refractivity (Wildman–Crippen MR) is 120 cm³/mol. The number of carbonyl (C=O) groups excluding carboxylic acids is 1. The van der Waals surface area contributed by atoms with Gasteiger partial charge in [-0.25, -0.2) is 0 Å². The van der Waals surface area contributed by atoms with Crippen molar-refractivity contribution in [3.05, 3.63) is 12.4 Å². The second-order valence-electron chi connectivity index (χ2n) is 11.5. The van der Waals surface area contributed by atoms with E-state index < -0.39 is 0 Å². The number of hydrogen-bond donors (Lipinski definition) is 1. The van der Waals surface area contributed by atoms with Crippen molar-refractivity contribution in [1.29, 1.82) is 0 Å². The first-order chi connectivity index (χ1) is 15.1. The van der Waals surface area contributed by atoms with Gasteiger partial charge in [0.2, 0.25) is 0 Å². The summed E-state index contributed by atoms with van der Waals surface area (Å²) in [6.07, 6.45) is 15.8. The van der Waals surface area contributed by atoms with E-state index in [2.05, 4.69) is 24.0 Å². The third-order valence-electron chi connectivity index (χ3n) is 10.2. The summed E-state index contributed by atoms with van der Waals surface area (Å²) in [6.45, 7) is 5.51. The van der Waals surface area contributed by atoms with Crippen molar-refractivity contribution in [3.8, 4) is 0 Å². The van der Waals surface area contributed by atoms with Gasteiger partial charge in [-0.05, 0) is 105 Å². The fourth-order valence-electron chi connectivity index (χ4n) is 8.78. The summed E-state index contributed by atoms with van der Waals surface area (Å²) in [5.74, 6) is 6.08. The Hall–Kier alpha value is -1.23. The highest BCUT2D eigenvalue weighted by Crippen LogP contribution is 2.68. The van der Waals surface area contributed by atoms with E-state index in [-0.39, 0.29) is 11.3 Å². The molecule has 1 heterocycles. The van der Waals surface area contributed by atoms with E-state index >= 15 is 0 Å². The summed E-state index contributed by atoms with van der Waals surface area (Å²) in [4.78, 5) is 15.1. The van der Waals surface area contributed by atoms with E-state index in [1.807, 2.05) is 0 Å². The normalized spacial score (nSPS) is 42.2. The minimum absolute atomic E-state index is 0.152. The van der Waals surface area contributed by atoms with E-state index in [9.17, 15) is 9.90 Å². The average Bonchev–Trinajstić information content (AvgIpc) is 3.39. The Morgan fingerprint density at radius 1 is 1.10 bits per heavy atom. The zero-order valence-electron chi connectivity index (χ0n) is 19.5. The number of ketones is 1. The Balaban J connectivity index is 1.41. The van der Waals surface area contributed by atoms with Crippen molar-refractivity contribution in [3.63, 3.8) is 0 Å². The lowest BCUT2D eigenvalue weighted by Crippen LogP contribution is -2.50. The van der Waals surface area contributed by atoms with Crippen molar-refractivity contribution in [2.75, 3.05) is 6.61 Å². The SMILES string of the molecule is CC[C@H]1CC[C@@H]2[C@H](CC[C@]3(C)[C@@H](C(=O)Cn4nccn4)CC(C4CC4)[C@@H]23)[C@H]1CCCO. The Bertz CT molecular complexity index is 761. The van der Waals surface area contributed by atoms with Crippen LogP contribution in [0.15, 0.2) is 12.4 Å². The summed E-state index contributed by atoms with van der Waals surface area (Å²) in [5.41, 5.74) is 0.152. The second-order valence-corrected chi connectivity index (χ2v) is 11.5. The molecule has 4 fully saturated rings. The maximum atomic E-state index is 13.5. The maximum absolute atomic E-state index is 13.5. The molecule has 1 aromatic heterocycles. The molecule has 0 aromatic carbocycles. The molecule has 5 heteroatoms. The topological polar surface area (TPSA) is 68.0 Å². The lowest BCUT2D eigenvalue weighted by molar-refractivity contribution is -0.131. The van der Waals surface area contributed by atoms with Crippen LogP contribution in [0.4, 0.5) is 0 Å². The van der Waals surface area contributed by atoms with Crippen LogP contribution >= 0.6 is 0 Å². The standard InChI is InChI=1S/C26H41N3O2/c1-3-17-8-9-21-20(19(17)5-4-14-30)10-11-26(2)23(15-22(25(21)26)18-6-7-18)24(31)16-29-27-12-13-28-29/h12-13,17-23,25,30H,3-11,14-16H2,1-2H3/t17-,19-,20+,21+,22?,23+,25+,26+/m0/s1. The third kappa shape index (κ3) is 3.79. The highest BCUT2D eigenvalue weighted by Gasteiger charge is 2.63. The fourth-order valence-corrected chi connectivity index (χ4v) is 8.78. The quantitative estimate of drug-likeness (QED) is 0.650. The van der Waals surface area contributed by atoms with E-state index in [4.69, 9.17) is 0 Å². The number of rotatable bonds is 8. The van der Waals surface area contributed by atoms with Crippen LogP contribution in [0.2, 0.25) is 0 Å². The molecule has 0 aliphatic heterocycles. The molecule has 5 nitrogen and oxygen atoms in total. The molecule has 1 N–H and O–H groups in total. The van der Waals surface area contributed by atoms with Crippen LogP contribution in [-0.4, -0.2) is 32.5 Å². The van der Waals surface area contributed by atoms with Gasteiger partial charge in [-0.3, -0.25) is 4.79 Å². The summed E-state index contributed by atoms with van der Waals surface area (Å²) < 4.78 is 0. The zero-order valence-corrected chi connectivity index (χ0v) is 19.5. The number of nitrogens with zero attached hydrogens (tertiary/aromatic N) is 3. The summed E-state index contributed by atoms with van der Waals surface area (Å²) in [5, 5.41) is 17.9. The Kier molecular flexibility index (Phi) is 6.00. The predicted octanol–water partition coefficient (Wildman–Crippen LogP) is 4.75. The molecule has 0 spiro atoms. The Morgan fingerprint density at radius 2 is 1.87 bits per heavy atom. The minimum Gasteiger partial charge on any atom is -0.396 e. The number of aliphatic hydroxyl groups is 1. The van der Waals surface area contributed by atoms with Gasteiger partial charge in [-0.2, -0.15) is 15.0 Å². The molecule has 5 rings (SSSR count). The van der Waals surface area contributed by atoms with Crippen molar-refractivity contribution < 1.29 is 9.90 Å². The fraction of sp³-hybridized carbons (Fsp3) is 0.885. The maximum Gasteiger partial charge on any atom is 0.159 e. The number of aliphatic hydroxyl groups excluding tert-OH is 1. The molecular formula is C26H41N3O2. The monoisotopic (exact) mass is 427 g/mol. The van der Waals surface area contributed by atoms with E-state index in [0.717, 1.165) is 48.3 Å². The van der Waals surface area contributed by atoms with Crippen LogP contribution in [-0.2, 0) is 11.3 Å². The van der Waals surface area contributed by atoms with Crippen molar-refractivity contribution in [2.45, 2.75) is 84.6 Å².